The molecule has 8 nitrogen and oxygen atoms in total. The molecule has 0 unspecified atom stereocenters. The molecule has 0 atom stereocenters. The number of benzene rings is 1. The van der Waals surface area contributed by atoms with E-state index in [4.69, 9.17) is 10.8 Å². The number of carboxylic acids is 1. The highest BCUT2D eigenvalue weighted by atomic mass is 32.2. The van der Waals surface area contributed by atoms with Crippen molar-refractivity contribution in [3.63, 3.8) is 0 Å². The molecule has 0 spiro atoms. The summed E-state index contributed by atoms with van der Waals surface area (Å²) >= 11 is 0. The summed E-state index contributed by atoms with van der Waals surface area (Å²) in [7, 11) is -1.41. The number of sulfonamides is 1. The molecule has 0 heterocycles. The first kappa shape index (κ1) is 16.9. The summed E-state index contributed by atoms with van der Waals surface area (Å²) in [4.78, 5) is 21.6. The van der Waals surface area contributed by atoms with Gasteiger partial charge in [0.15, 0.2) is 0 Å². The maximum Gasteiger partial charge on any atom is 0.335 e. The van der Waals surface area contributed by atoms with Gasteiger partial charge in [0.1, 0.15) is 4.90 Å². The topological polar surface area (TPSA) is 127 Å². The van der Waals surface area contributed by atoms with Crippen molar-refractivity contribution in [2.75, 3.05) is 26.4 Å². The normalized spacial score (nSPS) is 11.4. The smallest absolute Gasteiger partial charge is 0.335 e. The second-order valence-corrected chi connectivity index (χ2v) is 6.22. The van der Waals surface area contributed by atoms with E-state index in [1.54, 1.807) is 0 Å². The fourth-order valence-corrected chi connectivity index (χ4v) is 2.82. The number of methoxy groups -OCH3 is 1. The SMILES string of the molecule is COC(=O)CCN(C)S(=O)(=O)c1ccc(C(=O)O)cc1N. The summed E-state index contributed by atoms with van der Waals surface area (Å²) in [5.74, 6) is -1.74. The molecule has 0 aliphatic carbocycles. The van der Waals surface area contributed by atoms with Gasteiger partial charge in [-0.05, 0) is 18.2 Å². The fraction of sp³-hybridized carbons (Fsp3) is 0.333. The molecule has 0 bridgehead atoms. The van der Waals surface area contributed by atoms with Crippen LogP contribution in [-0.2, 0) is 19.6 Å². The fourth-order valence-electron chi connectivity index (χ4n) is 1.56. The molecule has 0 fully saturated rings. The van der Waals surface area contributed by atoms with Gasteiger partial charge < -0.3 is 15.6 Å². The van der Waals surface area contributed by atoms with Crippen molar-refractivity contribution < 1.29 is 27.9 Å². The molecule has 1 rings (SSSR count). The highest BCUT2D eigenvalue weighted by Gasteiger charge is 2.24. The Balaban J connectivity index is 3.02. The van der Waals surface area contributed by atoms with Crippen LogP contribution in [0.1, 0.15) is 16.8 Å². The van der Waals surface area contributed by atoms with Crippen molar-refractivity contribution >= 4 is 27.6 Å². The van der Waals surface area contributed by atoms with Crippen molar-refractivity contribution in [3.05, 3.63) is 23.8 Å². The monoisotopic (exact) mass is 316 g/mol. The first-order valence-corrected chi connectivity index (χ1v) is 7.30. The van der Waals surface area contributed by atoms with E-state index in [1.165, 1.54) is 14.2 Å². The molecule has 0 aromatic heterocycles. The molecule has 3 N–H and O–H groups in total. The van der Waals surface area contributed by atoms with Gasteiger partial charge in [0, 0.05) is 13.6 Å². The van der Waals surface area contributed by atoms with Crippen molar-refractivity contribution in [1.82, 2.24) is 4.31 Å². The molecular weight excluding hydrogens is 300 g/mol. The van der Waals surface area contributed by atoms with Crippen molar-refractivity contribution in [1.29, 1.82) is 0 Å². The average molecular weight is 316 g/mol. The van der Waals surface area contributed by atoms with Gasteiger partial charge in [-0.1, -0.05) is 0 Å². The zero-order chi connectivity index (χ0) is 16.2. The summed E-state index contributed by atoms with van der Waals surface area (Å²) in [5, 5.41) is 8.82. The molecule has 116 valence electrons. The van der Waals surface area contributed by atoms with Crippen molar-refractivity contribution in [3.8, 4) is 0 Å². The molecule has 9 heteroatoms. The van der Waals surface area contributed by atoms with Gasteiger partial charge in [0.25, 0.3) is 0 Å². The van der Waals surface area contributed by atoms with Crippen LogP contribution >= 0.6 is 0 Å². The predicted molar refractivity (Wildman–Crippen MR) is 74.3 cm³/mol. The molecule has 0 aliphatic rings. The molecule has 0 radical (unpaired) electrons. The molecule has 1 aromatic carbocycles. The van der Waals surface area contributed by atoms with Gasteiger partial charge in [-0.15, -0.1) is 0 Å². The third-order valence-electron chi connectivity index (χ3n) is 2.80. The average Bonchev–Trinajstić information content (AvgIpc) is 2.43. The number of aromatic carboxylic acids is 1. The number of carbonyl (C=O) groups excluding carboxylic acids is 1. The van der Waals surface area contributed by atoms with Gasteiger partial charge in [-0.3, -0.25) is 4.79 Å². The zero-order valence-electron chi connectivity index (χ0n) is 11.6. The van der Waals surface area contributed by atoms with Crippen LogP contribution in [0.15, 0.2) is 23.1 Å². The van der Waals surface area contributed by atoms with E-state index in [0.717, 1.165) is 22.5 Å². The van der Waals surface area contributed by atoms with E-state index in [0.29, 0.717) is 0 Å². The lowest BCUT2D eigenvalue weighted by Crippen LogP contribution is -2.30. The third-order valence-corrected chi connectivity index (χ3v) is 4.73. The minimum absolute atomic E-state index is 0.0743. The van der Waals surface area contributed by atoms with Gasteiger partial charge in [0.2, 0.25) is 10.0 Å². The van der Waals surface area contributed by atoms with E-state index in [2.05, 4.69) is 4.74 Å². The van der Waals surface area contributed by atoms with Crippen molar-refractivity contribution in [2.45, 2.75) is 11.3 Å². The lowest BCUT2D eigenvalue weighted by Gasteiger charge is -2.18. The Morgan fingerprint density at radius 2 is 2.00 bits per heavy atom. The third kappa shape index (κ3) is 3.92. The standard InChI is InChI=1S/C12H16N2O6S/c1-14(6-5-11(15)20-2)21(18,19)10-4-3-8(12(16)17)7-9(10)13/h3-4,7H,5-6,13H2,1-2H3,(H,16,17). The number of ether oxygens (including phenoxy) is 1. The first-order chi connectivity index (χ1) is 9.70. The number of hydrogen-bond acceptors (Lipinski definition) is 6. The summed E-state index contributed by atoms with van der Waals surface area (Å²) < 4.78 is 30.0. The summed E-state index contributed by atoms with van der Waals surface area (Å²) in [6, 6.07) is 3.35. The number of carboxylic acid groups (broad SMARTS) is 1. The predicted octanol–water partition coefficient (Wildman–Crippen LogP) is 0.151. The lowest BCUT2D eigenvalue weighted by atomic mass is 10.2. The van der Waals surface area contributed by atoms with Gasteiger partial charge in [-0.25, -0.2) is 17.5 Å². The van der Waals surface area contributed by atoms with Crippen LogP contribution in [0.3, 0.4) is 0 Å². The Kier molecular flexibility index (Phi) is 5.28. The van der Waals surface area contributed by atoms with Crippen LogP contribution in [0.2, 0.25) is 0 Å². The summed E-state index contributed by atoms with van der Waals surface area (Å²) in [6.07, 6.45) is -0.0979. The van der Waals surface area contributed by atoms with Crippen LogP contribution in [0.4, 0.5) is 5.69 Å². The number of anilines is 1. The second kappa shape index (κ2) is 6.55. The Morgan fingerprint density at radius 1 is 1.38 bits per heavy atom. The molecule has 0 aliphatic heterocycles. The maximum atomic E-state index is 12.3. The second-order valence-electron chi connectivity index (χ2n) is 4.21. The summed E-state index contributed by atoms with van der Waals surface area (Å²) in [6.45, 7) is -0.0743. The van der Waals surface area contributed by atoms with Crippen LogP contribution in [-0.4, -0.2) is 50.5 Å². The van der Waals surface area contributed by atoms with E-state index >= 15 is 0 Å². The Labute approximate surface area is 122 Å². The lowest BCUT2D eigenvalue weighted by molar-refractivity contribution is -0.140. The summed E-state index contributed by atoms with van der Waals surface area (Å²) in [5.41, 5.74) is 5.33. The number of nitrogens with zero attached hydrogens (tertiary/aromatic N) is 1. The van der Waals surface area contributed by atoms with Crippen molar-refractivity contribution in [2.24, 2.45) is 0 Å². The Hall–Kier alpha value is -2.13. The number of nitrogen functional groups attached to an aromatic ring is 1. The van der Waals surface area contributed by atoms with E-state index < -0.39 is 22.0 Å². The van der Waals surface area contributed by atoms with Gasteiger partial charge in [0.05, 0.1) is 24.8 Å². The minimum atomic E-state index is -3.91. The zero-order valence-corrected chi connectivity index (χ0v) is 12.4. The van der Waals surface area contributed by atoms with Gasteiger partial charge in [-0.2, -0.15) is 0 Å². The Bertz CT molecular complexity index is 656. The Morgan fingerprint density at radius 3 is 2.48 bits per heavy atom. The quantitative estimate of drug-likeness (QED) is 0.565. The number of rotatable bonds is 6. The maximum absolute atomic E-state index is 12.3. The molecular formula is C12H16N2O6S. The van der Waals surface area contributed by atoms with Crippen LogP contribution in [0, 0.1) is 0 Å². The highest BCUT2D eigenvalue weighted by Crippen LogP contribution is 2.23. The molecule has 0 saturated carbocycles. The van der Waals surface area contributed by atoms with Crippen LogP contribution in [0.5, 0.6) is 0 Å². The number of nitrogens with two attached hydrogens (primary N) is 1. The van der Waals surface area contributed by atoms with Gasteiger partial charge >= 0.3 is 11.9 Å². The van der Waals surface area contributed by atoms with E-state index in [9.17, 15) is 18.0 Å². The highest BCUT2D eigenvalue weighted by molar-refractivity contribution is 7.89. The molecule has 21 heavy (non-hydrogen) atoms. The van der Waals surface area contributed by atoms with Crippen LogP contribution < -0.4 is 5.73 Å². The molecule has 1 aromatic rings. The molecule has 0 amide bonds. The number of esters is 1. The number of hydrogen-bond donors (Lipinski definition) is 2. The number of carbonyl (C=O) groups is 2. The minimum Gasteiger partial charge on any atom is -0.478 e. The largest absolute Gasteiger partial charge is 0.478 e. The van der Waals surface area contributed by atoms with E-state index in [1.807, 2.05) is 0 Å². The first-order valence-electron chi connectivity index (χ1n) is 5.86. The van der Waals surface area contributed by atoms with Crippen LogP contribution in [0.25, 0.3) is 0 Å². The van der Waals surface area contributed by atoms with E-state index in [-0.39, 0.29) is 29.1 Å². The molecule has 0 saturated heterocycles.